The van der Waals surface area contributed by atoms with Crippen LogP contribution in [0.25, 0.3) is 0 Å². The molecule has 3 N–H and O–H groups in total. The van der Waals surface area contributed by atoms with Crippen LogP contribution in [0.5, 0.6) is 0 Å². The fraction of sp³-hybridized carbons (Fsp3) is 0.875. The van der Waals surface area contributed by atoms with E-state index in [0.717, 1.165) is 31.9 Å². The Bertz CT molecular complexity index is 317. The number of hydrogen-bond donors (Lipinski definition) is 3. The molecular formula is C16H34N4O. The first-order valence-corrected chi connectivity index (χ1v) is 8.15. The summed E-state index contributed by atoms with van der Waals surface area (Å²) in [5, 5.41) is 9.41. The van der Waals surface area contributed by atoms with Gasteiger partial charge in [0.2, 0.25) is 5.91 Å². The van der Waals surface area contributed by atoms with Gasteiger partial charge in [0.05, 0.1) is 0 Å². The van der Waals surface area contributed by atoms with E-state index in [1.807, 2.05) is 20.8 Å². The minimum absolute atomic E-state index is 0.0725. The number of carbonyl (C=O) groups is 1. The summed E-state index contributed by atoms with van der Waals surface area (Å²) in [4.78, 5) is 16.3. The van der Waals surface area contributed by atoms with Crippen molar-refractivity contribution >= 4 is 11.9 Å². The number of nitrogens with one attached hydrogen (secondary N) is 3. The quantitative estimate of drug-likeness (QED) is 0.365. The molecule has 0 aromatic heterocycles. The summed E-state index contributed by atoms with van der Waals surface area (Å²) in [6.07, 6.45) is 2.31. The van der Waals surface area contributed by atoms with Crippen LogP contribution < -0.4 is 16.0 Å². The minimum Gasteiger partial charge on any atom is -0.357 e. The van der Waals surface area contributed by atoms with Crippen molar-refractivity contribution in [2.45, 2.75) is 54.4 Å². The number of rotatable bonds is 8. The molecule has 21 heavy (non-hydrogen) atoms. The third kappa shape index (κ3) is 9.32. The van der Waals surface area contributed by atoms with Gasteiger partial charge in [0.25, 0.3) is 0 Å². The summed E-state index contributed by atoms with van der Waals surface area (Å²) in [5.74, 6) is 1.54. The molecule has 0 spiro atoms. The molecule has 0 aliphatic rings. The van der Waals surface area contributed by atoms with Gasteiger partial charge in [-0.2, -0.15) is 0 Å². The molecule has 0 fully saturated rings. The maximum absolute atomic E-state index is 11.7. The van der Waals surface area contributed by atoms with E-state index in [1.54, 1.807) is 0 Å². The van der Waals surface area contributed by atoms with Gasteiger partial charge in [0, 0.05) is 31.6 Å². The zero-order valence-electron chi connectivity index (χ0n) is 14.7. The Morgan fingerprint density at radius 3 is 2.05 bits per heavy atom. The molecule has 5 nitrogen and oxygen atoms in total. The molecule has 0 atom stereocenters. The zero-order chi connectivity index (χ0) is 16.3. The van der Waals surface area contributed by atoms with Gasteiger partial charge < -0.3 is 16.0 Å². The first-order chi connectivity index (χ1) is 9.85. The summed E-state index contributed by atoms with van der Waals surface area (Å²) in [6, 6.07) is 0. The van der Waals surface area contributed by atoms with Crippen LogP contribution in [-0.2, 0) is 4.79 Å². The number of nitrogens with zero attached hydrogens (tertiary/aromatic N) is 1. The molecule has 0 aliphatic carbocycles. The van der Waals surface area contributed by atoms with Gasteiger partial charge in [-0.05, 0) is 12.8 Å². The monoisotopic (exact) mass is 298 g/mol. The predicted molar refractivity (Wildman–Crippen MR) is 90.5 cm³/mol. The molecule has 0 radical (unpaired) electrons. The van der Waals surface area contributed by atoms with Crippen molar-refractivity contribution in [3.8, 4) is 0 Å². The first kappa shape index (κ1) is 19.7. The van der Waals surface area contributed by atoms with Crippen molar-refractivity contribution in [1.82, 2.24) is 16.0 Å². The highest BCUT2D eigenvalue weighted by atomic mass is 16.2. The number of aliphatic imine (C=N–C) groups is 1. The van der Waals surface area contributed by atoms with Crippen molar-refractivity contribution in [1.29, 1.82) is 0 Å². The van der Waals surface area contributed by atoms with E-state index in [0.29, 0.717) is 19.0 Å². The number of carbonyl (C=O) groups excluding carboxylic acids is 1. The zero-order valence-corrected chi connectivity index (χ0v) is 14.7. The van der Waals surface area contributed by atoms with Crippen LogP contribution in [0, 0.1) is 11.3 Å². The highest BCUT2D eigenvalue weighted by molar-refractivity contribution is 5.81. The predicted octanol–water partition coefficient (Wildman–Crippen LogP) is 2.14. The van der Waals surface area contributed by atoms with Gasteiger partial charge in [0.15, 0.2) is 5.96 Å². The van der Waals surface area contributed by atoms with Gasteiger partial charge in [-0.1, -0.05) is 47.5 Å². The van der Waals surface area contributed by atoms with Crippen LogP contribution in [0.2, 0.25) is 0 Å². The van der Waals surface area contributed by atoms with Gasteiger partial charge >= 0.3 is 0 Å². The Hall–Kier alpha value is -1.26. The average molecular weight is 298 g/mol. The lowest BCUT2D eigenvalue weighted by Gasteiger charge is -2.18. The third-order valence-corrected chi connectivity index (χ3v) is 3.39. The lowest BCUT2D eigenvalue weighted by Crippen LogP contribution is -2.43. The Labute approximate surface area is 130 Å². The standard InChI is InChI=1S/C16H34N4O/c1-7-13(8-2)12-20-15(17-9-3)19-11-10-18-14(21)16(4,5)6/h13H,7-12H2,1-6H3,(H,18,21)(H2,17,19,20). The molecule has 0 unspecified atom stereocenters. The van der Waals surface area contributed by atoms with Crippen LogP contribution in [0.3, 0.4) is 0 Å². The topological polar surface area (TPSA) is 65.5 Å². The molecule has 0 aromatic rings. The molecule has 0 bridgehead atoms. The van der Waals surface area contributed by atoms with Crippen LogP contribution >= 0.6 is 0 Å². The van der Waals surface area contributed by atoms with Gasteiger partial charge in [-0.25, -0.2) is 0 Å². The molecule has 5 heteroatoms. The Morgan fingerprint density at radius 1 is 1.00 bits per heavy atom. The van der Waals surface area contributed by atoms with E-state index in [4.69, 9.17) is 0 Å². The largest absolute Gasteiger partial charge is 0.357 e. The van der Waals surface area contributed by atoms with Gasteiger partial charge in [-0.15, -0.1) is 0 Å². The van der Waals surface area contributed by atoms with E-state index in [9.17, 15) is 4.79 Å². The molecule has 0 saturated heterocycles. The van der Waals surface area contributed by atoms with Crippen molar-refractivity contribution < 1.29 is 4.79 Å². The number of amides is 1. The average Bonchev–Trinajstić information content (AvgIpc) is 2.43. The summed E-state index contributed by atoms with van der Waals surface area (Å²) in [7, 11) is 0. The molecular weight excluding hydrogens is 264 g/mol. The molecule has 0 heterocycles. The second-order valence-electron chi connectivity index (χ2n) is 6.33. The highest BCUT2D eigenvalue weighted by Gasteiger charge is 2.20. The van der Waals surface area contributed by atoms with Crippen molar-refractivity contribution in [2.24, 2.45) is 16.3 Å². The van der Waals surface area contributed by atoms with Crippen LogP contribution in [0.1, 0.15) is 54.4 Å². The normalized spacial score (nSPS) is 12.4. The molecule has 1 amide bonds. The smallest absolute Gasteiger partial charge is 0.225 e. The lowest BCUT2D eigenvalue weighted by molar-refractivity contribution is -0.128. The summed E-state index contributed by atoms with van der Waals surface area (Å²) in [5.41, 5.74) is -0.339. The van der Waals surface area contributed by atoms with E-state index in [2.05, 4.69) is 41.7 Å². The van der Waals surface area contributed by atoms with Gasteiger partial charge in [0.1, 0.15) is 0 Å². The fourth-order valence-electron chi connectivity index (χ4n) is 1.73. The lowest BCUT2D eigenvalue weighted by atomic mass is 9.96. The highest BCUT2D eigenvalue weighted by Crippen LogP contribution is 2.11. The van der Waals surface area contributed by atoms with Crippen molar-refractivity contribution in [2.75, 3.05) is 26.2 Å². The van der Waals surface area contributed by atoms with Crippen molar-refractivity contribution in [3.05, 3.63) is 0 Å². The Morgan fingerprint density at radius 2 is 1.57 bits per heavy atom. The van der Waals surface area contributed by atoms with E-state index < -0.39 is 0 Å². The van der Waals surface area contributed by atoms with Crippen molar-refractivity contribution in [3.63, 3.8) is 0 Å². The summed E-state index contributed by atoms with van der Waals surface area (Å²) in [6.45, 7) is 15.2. The Kier molecular flexibility index (Phi) is 9.84. The molecule has 0 aliphatic heterocycles. The summed E-state index contributed by atoms with van der Waals surface area (Å²) < 4.78 is 0. The van der Waals surface area contributed by atoms with Crippen LogP contribution in [-0.4, -0.2) is 38.0 Å². The van der Waals surface area contributed by atoms with Gasteiger partial charge in [-0.3, -0.25) is 9.79 Å². The maximum Gasteiger partial charge on any atom is 0.225 e. The van der Waals surface area contributed by atoms with E-state index in [1.165, 1.54) is 0 Å². The number of hydrogen-bond acceptors (Lipinski definition) is 2. The van der Waals surface area contributed by atoms with E-state index >= 15 is 0 Å². The van der Waals surface area contributed by atoms with E-state index in [-0.39, 0.29) is 11.3 Å². The second kappa shape index (κ2) is 10.5. The van der Waals surface area contributed by atoms with Crippen LogP contribution in [0.15, 0.2) is 4.99 Å². The second-order valence-corrected chi connectivity index (χ2v) is 6.33. The Balaban J connectivity index is 4.15. The maximum atomic E-state index is 11.7. The summed E-state index contributed by atoms with van der Waals surface area (Å²) >= 11 is 0. The SMILES string of the molecule is CCNC(=NCC(CC)CC)NCCNC(=O)C(C)(C)C. The molecule has 0 aromatic carbocycles. The third-order valence-electron chi connectivity index (χ3n) is 3.39. The number of guanidine groups is 1. The molecule has 0 saturated carbocycles. The fourth-order valence-corrected chi connectivity index (χ4v) is 1.73. The minimum atomic E-state index is -0.339. The first-order valence-electron chi connectivity index (χ1n) is 8.15. The molecule has 124 valence electrons. The van der Waals surface area contributed by atoms with Crippen LogP contribution in [0.4, 0.5) is 0 Å². The molecule has 0 rings (SSSR count).